The Morgan fingerprint density at radius 3 is 2.82 bits per heavy atom. The number of phenolic OH excluding ortho intramolecular Hbond substituents is 1. The van der Waals surface area contributed by atoms with Crippen LogP contribution in [-0.2, 0) is 0 Å². The zero-order chi connectivity index (χ0) is 16.3. The van der Waals surface area contributed by atoms with E-state index in [1.807, 2.05) is 13.0 Å². The maximum Gasteiger partial charge on any atom is 0.272 e. The zero-order valence-corrected chi connectivity index (χ0v) is 15.3. The fourth-order valence-corrected chi connectivity index (χ4v) is 2.85. The van der Waals surface area contributed by atoms with Gasteiger partial charge in [-0.05, 0) is 68.6 Å². The predicted molar refractivity (Wildman–Crippen MR) is 94.8 cm³/mol. The van der Waals surface area contributed by atoms with Crippen molar-refractivity contribution in [1.82, 2.24) is 5.43 Å². The van der Waals surface area contributed by atoms with Crippen LogP contribution in [0, 0.1) is 6.92 Å². The molecule has 0 aliphatic rings. The molecule has 0 aliphatic heterocycles. The number of carbonyl (C=O) groups excluding carboxylic acids is 1. The van der Waals surface area contributed by atoms with Gasteiger partial charge in [0, 0.05) is 14.5 Å². The molecular weight excluding hydrogens is 435 g/mol. The van der Waals surface area contributed by atoms with E-state index in [1.54, 1.807) is 24.3 Å². The molecule has 2 aromatic carbocycles. The van der Waals surface area contributed by atoms with Gasteiger partial charge >= 0.3 is 0 Å². The van der Waals surface area contributed by atoms with Crippen molar-refractivity contribution in [2.45, 2.75) is 6.92 Å². The molecule has 0 spiro atoms. The molecule has 0 saturated heterocycles. The Labute approximate surface area is 149 Å². The number of phenols is 1. The number of hydrazone groups is 1. The molecule has 1 amide bonds. The van der Waals surface area contributed by atoms with Crippen molar-refractivity contribution in [2.24, 2.45) is 5.10 Å². The van der Waals surface area contributed by atoms with Crippen molar-refractivity contribution in [2.75, 3.05) is 0 Å². The summed E-state index contributed by atoms with van der Waals surface area (Å²) < 4.78 is 1.41. The average molecular weight is 447 g/mol. The summed E-state index contributed by atoms with van der Waals surface area (Å²) in [5, 5.41) is 13.9. The molecule has 0 radical (unpaired) electrons. The molecule has 22 heavy (non-hydrogen) atoms. The molecule has 7 heteroatoms. The van der Waals surface area contributed by atoms with E-state index in [9.17, 15) is 9.90 Å². The largest absolute Gasteiger partial charge is 0.506 e. The molecule has 0 unspecified atom stereocenters. The van der Waals surface area contributed by atoms with E-state index in [2.05, 4.69) is 42.4 Å². The first-order chi connectivity index (χ1) is 10.4. The topological polar surface area (TPSA) is 61.7 Å². The van der Waals surface area contributed by atoms with Crippen LogP contribution in [-0.4, -0.2) is 17.2 Å². The Morgan fingerprint density at radius 1 is 1.36 bits per heavy atom. The lowest BCUT2D eigenvalue weighted by Gasteiger charge is -2.05. The molecule has 0 aromatic heterocycles. The van der Waals surface area contributed by atoms with Gasteiger partial charge in [-0.25, -0.2) is 5.43 Å². The Bertz CT molecular complexity index is 763. The summed E-state index contributed by atoms with van der Waals surface area (Å²) in [4.78, 5) is 12.1. The molecule has 0 saturated carbocycles. The van der Waals surface area contributed by atoms with Crippen molar-refractivity contribution in [3.63, 3.8) is 0 Å². The van der Waals surface area contributed by atoms with Gasteiger partial charge in [0.1, 0.15) is 5.75 Å². The Morgan fingerprint density at radius 2 is 2.09 bits per heavy atom. The van der Waals surface area contributed by atoms with E-state index in [-0.39, 0.29) is 16.7 Å². The number of hydrogen-bond acceptors (Lipinski definition) is 3. The summed E-state index contributed by atoms with van der Waals surface area (Å²) >= 11 is 12.5. The van der Waals surface area contributed by atoms with Crippen LogP contribution in [0.15, 0.2) is 44.4 Å². The molecule has 0 fully saturated rings. The first-order valence-electron chi connectivity index (χ1n) is 6.16. The Hall–Kier alpha value is -1.37. The SMILES string of the molecule is Cc1cc(Cl)c(O)c(/C=N/NC(=O)c2cccc(Br)c2Br)c1. The van der Waals surface area contributed by atoms with Crippen LogP contribution in [0.5, 0.6) is 5.75 Å². The number of nitrogens with one attached hydrogen (secondary N) is 1. The molecule has 0 heterocycles. The normalized spacial score (nSPS) is 10.9. The van der Waals surface area contributed by atoms with Crippen molar-refractivity contribution in [3.05, 3.63) is 61.0 Å². The molecular formula is C15H11Br2ClN2O2. The van der Waals surface area contributed by atoms with Crippen LogP contribution < -0.4 is 5.43 Å². The van der Waals surface area contributed by atoms with Gasteiger partial charge < -0.3 is 5.11 Å². The maximum absolute atomic E-state index is 12.1. The van der Waals surface area contributed by atoms with Gasteiger partial charge in [-0.15, -0.1) is 0 Å². The number of halogens is 3. The highest BCUT2D eigenvalue weighted by molar-refractivity contribution is 9.13. The third-order valence-corrected chi connectivity index (χ3v) is 5.14. The third-order valence-electron chi connectivity index (χ3n) is 2.80. The molecule has 2 rings (SSSR count). The van der Waals surface area contributed by atoms with E-state index in [0.717, 1.165) is 10.0 Å². The van der Waals surface area contributed by atoms with Gasteiger partial charge in [0.15, 0.2) is 0 Å². The number of hydrogen-bond donors (Lipinski definition) is 2. The highest BCUT2D eigenvalue weighted by Crippen LogP contribution is 2.28. The van der Waals surface area contributed by atoms with Crippen LogP contribution in [0.4, 0.5) is 0 Å². The summed E-state index contributed by atoms with van der Waals surface area (Å²) in [6, 6.07) is 8.59. The van der Waals surface area contributed by atoms with E-state index in [1.165, 1.54) is 6.21 Å². The number of aryl methyl sites for hydroxylation is 1. The van der Waals surface area contributed by atoms with Crippen LogP contribution in [0.2, 0.25) is 5.02 Å². The van der Waals surface area contributed by atoms with E-state index >= 15 is 0 Å². The number of rotatable bonds is 3. The Kier molecular flexibility index (Phi) is 5.61. The lowest BCUT2D eigenvalue weighted by molar-refractivity contribution is 0.0954. The van der Waals surface area contributed by atoms with Gasteiger partial charge in [-0.2, -0.15) is 5.10 Å². The minimum Gasteiger partial charge on any atom is -0.506 e. The van der Waals surface area contributed by atoms with Crippen LogP contribution in [0.3, 0.4) is 0 Å². The lowest BCUT2D eigenvalue weighted by atomic mass is 10.1. The molecule has 2 N–H and O–H groups in total. The van der Waals surface area contributed by atoms with Gasteiger partial charge in [0.2, 0.25) is 0 Å². The number of amides is 1. The second-order valence-electron chi connectivity index (χ2n) is 4.49. The zero-order valence-electron chi connectivity index (χ0n) is 11.4. The Balaban J connectivity index is 2.16. The summed E-state index contributed by atoms with van der Waals surface area (Å²) in [7, 11) is 0. The number of aromatic hydroxyl groups is 1. The smallest absolute Gasteiger partial charge is 0.272 e. The molecule has 2 aromatic rings. The molecule has 0 aliphatic carbocycles. The molecule has 0 bridgehead atoms. The minimum absolute atomic E-state index is 0.0751. The van der Waals surface area contributed by atoms with Gasteiger partial charge in [-0.3, -0.25) is 4.79 Å². The number of carbonyl (C=O) groups is 1. The fourth-order valence-electron chi connectivity index (χ4n) is 1.76. The van der Waals surface area contributed by atoms with E-state index in [0.29, 0.717) is 15.6 Å². The summed E-state index contributed by atoms with van der Waals surface area (Å²) in [5.74, 6) is -0.448. The second kappa shape index (κ2) is 7.26. The monoisotopic (exact) mass is 444 g/mol. The summed E-state index contributed by atoms with van der Waals surface area (Å²) in [6.07, 6.45) is 1.35. The van der Waals surface area contributed by atoms with Crippen LogP contribution >= 0.6 is 43.5 Å². The third kappa shape index (κ3) is 3.88. The maximum atomic E-state index is 12.1. The highest BCUT2D eigenvalue weighted by atomic mass is 79.9. The minimum atomic E-state index is -0.373. The van der Waals surface area contributed by atoms with Crippen LogP contribution in [0.25, 0.3) is 0 Å². The van der Waals surface area contributed by atoms with Gasteiger partial charge in [0.25, 0.3) is 5.91 Å². The van der Waals surface area contributed by atoms with Gasteiger partial charge in [-0.1, -0.05) is 17.7 Å². The van der Waals surface area contributed by atoms with Crippen molar-refractivity contribution in [3.8, 4) is 5.75 Å². The van der Waals surface area contributed by atoms with Crippen LogP contribution in [0.1, 0.15) is 21.5 Å². The van der Waals surface area contributed by atoms with Gasteiger partial charge in [0.05, 0.1) is 16.8 Å². The summed E-state index contributed by atoms with van der Waals surface area (Å²) in [5.41, 5.74) is 4.16. The number of nitrogens with zero attached hydrogens (tertiary/aromatic N) is 1. The highest BCUT2D eigenvalue weighted by Gasteiger charge is 2.11. The lowest BCUT2D eigenvalue weighted by Crippen LogP contribution is -2.18. The molecule has 0 atom stereocenters. The predicted octanol–water partition coefficient (Wildman–Crippen LogP) is 4.64. The van der Waals surface area contributed by atoms with Crippen molar-refractivity contribution in [1.29, 1.82) is 0 Å². The van der Waals surface area contributed by atoms with Crippen molar-refractivity contribution >= 4 is 55.6 Å². The van der Waals surface area contributed by atoms with Crippen molar-refractivity contribution < 1.29 is 9.90 Å². The van der Waals surface area contributed by atoms with E-state index < -0.39 is 0 Å². The number of benzene rings is 2. The second-order valence-corrected chi connectivity index (χ2v) is 6.54. The molecule has 114 valence electrons. The van der Waals surface area contributed by atoms with E-state index in [4.69, 9.17) is 11.6 Å². The average Bonchev–Trinajstić information content (AvgIpc) is 2.46. The quantitative estimate of drug-likeness (QED) is 0.533. The first-order valence-corrected chi connectivity index (χ1v) is 8.13. The molecule has 4 nitrogen and oxygen atoms in total. The summed E-state index contributed by atoms with van der Waals surface area (Å²) in [6.45, 7) is 1.85. The fraction of sp³-hybridized carbons (Fsp3) is 0.0667. The standard InChI is InChI=1S/C15H11Br2ClN2O2/c1-8-5-9(14(21)12(18)6-8)7-19-20-15(22)10-3-2-4-11(16)13(10)17/h2-7,21H,1H3,(H,20,22)/b19-7+. The first kappa shape index (κ1) is 17.0.